The van der Waals surface area contributed by atoms with Gasteiger partial charge in [0.25, 0.3) is 10.0 Å². The molecule has 0 saturated heterocycles. The Labute approximate surface area is 214 Å². The first-order valence-electron chi connectivity index (χ1n) is 11.8. The van der Waals surface area contributed by atoms with E-state index in [0.717, 1.165) is 29.5 Å². The number of rotatable bonds is 8. The van der Waals surface area contributed by atoms with Crippen LogP contribution in [0.5, 0.6) is 5.75 Å². The van der Waals surface area contributed by atoms with E-state index >= 15 is 0 Å². The lowest BCUT2D eigenvalue weighted by Gasteiger charge is -2.31. The summed E-state index contributed by atoms with van der Waals surface area (Å²) >= 11 is 1.19. The van der Waals surface area contributed by atoms with Crippen LogP contribution in [-0.2, 0) is 10.0 Å². The van der Waals surface area contributed by atoms with Crippen molar-refractivity contribution in [2.75, 3.05) is 11.8 Å². The van der Waals surface area contributed by atoms with Crippen molar-refractivity contribution in [2.45, 2.75) is 50.5 Å². The summed E-state index contributed by atoms with van der Waals surface area (Å²) < 4.78 is 47.3. The number of nitrogens with zero attached hydrogens (tertiary/aromatic N) is 1. The predicted molar refractivity (Wildman–Crippen MR) is 138 cm³/mol. The normalized spacial score (nSPS) is 18.2. The molecule has 0 radical (unpaired) electrons. The van der Waals surface area contributed by atoms with Gasteiger partial charge in [0.05, 0.1) is 18.4 Å². The SMILES string of the molecule is COc1cc(C(=O)O)c(F)cc1NS(=O)(=O)c1csc(-c2ccc([C@H]3CC[C@H](C(C)C)CC3)cc2)n1. The van der Waals surface area contributed by atoms with Crippen LogP contribution >= 0.6 is 11.3 Å². The highest BCUT2D eigenvalue weighted by molar-refractivity contribution is 7.92. The zero-order chi connectivity index (χ0) is 26.0. The lowest BCUT2D eigenvalue weighted by molar-refractivity contribution is 0.0691. The summed E-state index contributed by atoms with van der Waals surface area (Å²) in [4.78, 5) is 15.4. The number of anilines is 1. The molecule has 7 nitrogen and oxygen atoms in total. The standard InChI is InChI=1S/C26H29FN2O5S2/c1-15(2)16-4-6-17(7-5-16)18-8-10-19(11-9-18)25-28-24(14-35-25)36(32,33)29-22-13-21(27)20(26(30)31)12-23(22)34-3/h8-17,29H,4-7H2,1-3H3,(H,30,31)/t16-,17-. The largest absolute Gasteiger partial charge is 0.495 e. The second-order valence-electron chi connectivity index (χ2n) is 9.41. The van der Waals surface area contributed by atoms with Crippen LogP contribution in [0.15, 0.2) is 46.8 Å². The smallest absolute Gasteiger partial charge is 0.338 e. The molecule has 36 heavy (non-hydrogen) atoms. The molecular formula is C26H29FN2O5S2. The Kier molecular flexibility index (Phi) is 7.65. The van der Waals surface area contributed by atoms with E-state index in [1.54, 1.807) is 0 Å². The summed E-state index contributed by atoms with van der Waals surface area (Å²) in [5, 5.41) is 10.8. The molecule has 2 N–H and O–H groups in total. The first-order chi connectivity index (χ1) is 17.1. The van der Waals surface area contributed by atoms with Crippen LogP contribution in [0.1, 0.15) is 61.4 Å². The summed E-state index contributed by atoms with van der Waals surface area (Å²) in [6.07, 6.45) is 4.87. The minimum Gasteiger partial charge on any atom is -0.495 e. The molecule has 0 amide bonds. The molecule has 1 aliphatic carbocycles. The second kappa shape index (κ2) is 10.6. The van der Waals surface area contributed by atoms with E-state index in [-0.39, 0.29) is 16.5 Å². The van der Waals surface area contributed by atoms with Crippen molar-refractivity contribution in [3.05, 3.63) is 58.7 Å². The second-order valence-corrected chi connectivity index (χ2v) is 11.9. The monoisotopic (exact) mass is 532 g/mol. The third-order valence-electron chi connectivity index (χ3n) is 6.87. The molecule has 0 bridgehead atoms. The van der Waals surface area contributed by atoms with Crippen molar-refractivity contribution in [1.29, 1.82) is 0 Å². The highest BCUT2D eigenvalue weighted by Crippen LogP contribution is 2.39. The lowest BCUT2D eigenvalue weighted by atomic mass is 9.75. The van der Waals surface area contributed by atoms with E-state index in [0.29, 0.717) is 10.9 Å². The summed E-state index contributed by atoms with van der Waals surface area (Å²) in [5.74, 6) is -0.616. The fourth-order valence-corrected chi connectivity index (χ4v) is 6.86. The number of carboxylic acid groups (broad SMARTS) is 1. The van der Waals surface area contributed by atoms with Crippen LogP contribution in [0.25, 0.3) is 10.6 Å². The van der Waals surface area contributed by atoms with Crippen molar-refractivity contribution in [3.8, 4) is 16.3 Å². The molecular weight excluding hydrogens is 503 g/mol. The average molecular weight is 533 g/mol. The molecule has 3 aromatic rings. The van der Waals surface area contributed by atoms with E-state index in [1.165, 1.54) is 55.1 Å². The number of methoxy groups -OCH3 is 1. The van der Waals surface area contributed by atoms with E-state index in [1.807, 2.05) is 12.1 Å². The summed E-state index contributed by atoms with van der Waals surface area (Å²) in [5.41, 5.74) is 1.27. The van der Waals surface area contributed by atoms with Gasteiger partial charge in [-0.1, -0.05) is 38.1 Å². The topological polar surface area (TPSA) is 106 Å². The molecule has 192 valence electrons. The van der Waals surface area contributed by atoms with Gasteiger partial charge in [0, 0.05) is 17.0 Å². The molecule has 4 rings (SSSR count). The Hall–Kier alpha value is -2.98. The van der Waals surface area contributed by atoms with Crippen molar-refractivity contribution in [3.63, 3.8) is 0 Å². The Morgan fingerprint density at radius 2 is 1.83 bits per heavy atom. The van der Waals surface area contributed by atoms with E-state index in [9.17, 15) is 17.6 Å². The fourth-order valence-electron chi connectivity index (χ4n) is 4.70. The highest BCUT2D eigenvalue weighted by Gasteiger charge is 2.25. The Bertz CT molecular complexity index is 1350. The van der Waals surface area contributed by atoms with Crippen LogP contribution in [0, 0.1) is 17.7 Å². The van der Waals surface area contributed by atoms with Gasteiger partial charge >= 0.3 is 5.97 Å². The molecule has 0 unspecified atom stereocenters. The van der Waals surface area contributed by atoms with Gasteiger partial charge in [-0.15, -0.1) is 11.3 Å². The number of carbonyl (C=O) groups is 1. The van der Waals surface area contributed by atoms with Crippen LogP contribution in [0.3, 0.4) is 0 Å². The number of aromatic carboxylic acids is 1. The van der Waals surface area contributed by atoms with Gasteiger partial charge in [0.15, 0.2) is 5.03 Å². The van der Waals surface area contributed by atoms with Gasteiger partial charge in [-0.25, -0.2) is 14.2 Å². The first kappa shape index (κ1) is 26.1. The molecule has 1 aromatic heterocycles. The quantitative estimate of drug-likeness (QED) is 0.348. The number of sulfonamides is 1. The highest BCUT2D eigenvalue weighted by atomic mass is 32.2. The molecule has 0 spiro atoms. The molecule has 1 aliphatic rings. The molecule has 1 fully saturated rings. The van der Waals surface area contributed by atoms with Crippen LogP contribution in [0.4, 0.5) is 10.1 Å². The van der Waals surface area contributed by atoms with Crippen molar-refractivity contribution >= 4 is 33.0 Å². The maximum atomic E-state index is 14.2. The Balaban J connectivity index is 1.50. The number of carboxylic acids is 1. The number of thiazole rings is 1. The maximum Gasteiger partial charge on any atom is 0.338 e. The van der Waals surface area contributed by atoms with Gasteiger partial charge in [0.2, 0.25) is 0 Å². The van der Waals surface area contributed by atoms with Crippen LogP contribution < -0.4 is 9.46 Å². The van der Waals surface area contributed by atoms with Crippen LogP contribution in [-0.4, -0.2) is 31.6 Å². The predicted octanol–water partition coefficient (Wildman–Crippen LogP) is 6.39. The number of benzene rings is 2. The summed E-state index contributed by atoms with van der Waals surface area (Å²) in [7, 11) is -2.93. The number of nitrogens with one attached hydrogen (secondary N) is 1. The van der Waals surface area contributed by atoms with E-state index in [2.05, 4.69) is 35.7 Å². The van der Waals surface area contributed by atoms with Gasteiger partial charge < -0.3 is 9.84 Å². The Morgan fingerprint density at radius 1 is 1.17 bits per heavy atom. The number of hydrogen-bond donors (Lipinski definition) is 2. The third kappa shape index (κ3) is 5.54. The van der Waals surface area contributed by atoms with E-state index in [4.69, 9.17) is 9.84 Å². The number of ether oxygens (including phenoxy) is 1. The number of aromatic nitrogens is 1. The summed E-state index contributed by atoms with van der Waals surface area (Å²) in [6, 6.07) is 9.84. The molecule has 2 aromatic carbocycles. The minimum atomic E-state index is -4.17. The van der Waals surface area contributed by atoms with Crippen LogP contribution in [0.2, 0.25) is 0 Å². The van der Waals surface area contributed by atoms with Gasteiger partial charge in [-0.05, 0) is 55.1 Å². The molecule has 0 atom stereocenters. The number of hydrogen-bond acceptors (Lipinski definition) is 6. The maximum absolute atomic E-state index is 14.2. The first-order valence-corrected chi connectivity index (χ1v) is 14.1. The van der Waals surface area contributed by atoms with Gasteiger partial charge in [0.1, 0.15) is 16.6 Å². The van der Waals surface area contributed by atoms with Gasteiger partial charge in [-0.2, -0.15) is 8.42 Å². The molecule has 1 saturated carbocycles. The third-order valence-corrected chi connectivity index (χ3v) is 9.16. The lowest BCUT2D eigenvalue weighted by Crippen LogP contribution is -2.17. The van der Waals surface area contributed by atoms with Gasteiger partial charge in [-0.3, -0.25) is 4.72 Å². The zero-order valence-corrected chi connectivity index (χ0v) is 22.0. The van der Waals surface area contributed by atoms with Crippen molar-refractivity contribution < 1.29 is 27.4 Å². The molecule has 10 heteroatoms. The van der Waals surface area contributed by atoms with E-state index < -0.39 is 27.4 Å². The summed E-state index contributed by atoms with van der Waals surface area (Å²) in [6.45, 7) is 4.59. The number of halogens is 1. The molecule has 0 aliphatic heterocycles. The Morgan fingerprint density at radius 3 is 2.42 bits per heavy atom. The zero-order valence-electron chi connectivity index (χ0n) is 20.3. The fraction of sp³-hybridized carbons (Fsp3) is 0.385. The molecule has 1 heterocycles. The minimum absolute atomic E-state index is 0.120. The van der Waals surface area contributed by atoms with Crippen molar-refractivity contribution in [1.82, 2.24) is 4.98 Å². The average Bonchev–Trinajstić information content (AvgIpc) is 3.35. The van der Waals surface area contributed by atoms with Crippen molar-refractivity contribution in [2.24, 2.45) is 11.8 Å².